The SMILES string of the molecule is O=C(OCc1ccccc1)P(=O)(Oc1ccccc1)c1ccccc1. The van der Waals surface area contributed by atoms with Crippen LogP contribution in [0.3, 0.4) is 0 Å². The summed E-state index contributed by atoms with van der Waals surface area (Å²) in [5, 5.41) is 0.303. The van der Waals surface area contributed by atoms with Crippen molar-refractivity contribution in [2.45, 2.75) is 6.61 Å². The summed E-state index contributed by atoms with van der Waals surface area (Å²) in [7, 11) is -3.88. The average molecular weight is 352 g/mol. The van der Waals surface area contributed by atoms with Crippen LogP contribution in [0.2, 0.25) is 0 Å². The smallest absolute Gasteiger partial charge is 0.408 e. The zero-order valence-electron chi connectivity index (χ0n) is 13.4. The maximum atomic E-state index is 13.4. The quantitative estimate of drug-likeness (QED) is 0.586. The molecule has 0 bridgehead atoms. The third-order valence-corrected chi connectivity index (χ3v) is 5.57. The molecule has 0 aromatic heterocycles. The minimum atomic E-state index is -3.88. The van der Waals surface area contributed by atoms with Crippen molar-refractivity contribution >= 4 is 18.4 Å². The van der Waals surface area contributed by atoms with E-state index in [4.69, 9.17) is 9.26 Å². The number of ether oxygens (including phenoxy) is 1. The van der Waals surface area contributed by atoms with Gasteiger partial charge in [0.2, 0.25) is 0 Å². The van der Waals surface area contributed by atoms with E-state index in [2.05, 4.69) is 0 Å². The van der Waals surface area contributed by atoms with Crippen LogP contribution in [0.1, 0.15) is 5.56 Å². The molecule has 3 aromatic carbocycles. The lowest BCUT2D eigenvalue weighted by Gasteiger charge is -2.18. The Kier molecular flexibility index (Phi) is 5.32. The van der Waals surface area contributed by atoms with E-state index in [-0.39, 0.29) is 6.61 Å². The summed E-state index contributed by atoms with van der Waals surface area (Å²) < 4.78 is 24.3. The molecule has 0 amide bonds. The second kappa shape index (κ2) is 7.82. The van der Waals surface area contributed by atoms with Crippen LogP contribution in [-0.2, 0) is 15.9 Å². The van der Waals surface area contributed by atoms with Crippen LogP contribution in [0.5, 0.6) is 5.75 Å². The van der Waals surface area contributed by atoms with E-state index in [0.29, 0.717) is 11.1 Å². The van der Waals surface area contributed by atoms with Gasteiger partial charge in [0, 0.05) is 0 Å². The third kappa shape index (κ3) is 4.17. The molecule has 0 aliphatic carbocycles. The molecule has 25 heavy (non-hydrogen) atoms. The van der Waals surface area contributed by atoms with Gasteiger partial charge in [0.05, 0.1) is 5.30 Å². The Bertz CT molecular complexity index is 864. The largest absolute Gasteiger partial charge is 0.453 e. The normalized spacial score (nSPS) is 12.8. The first-order valence-electron chi connectivity index (χ1n) is 7.80. The van der Waals surface area contributed by atoms with Gasteiger partial charge in [0.15, 0.2) is 0 Å². The second-order valence-corrected chi connectivity index (χ2v) is 7.50. The highest BCUT2D eigenvalue weighted by Gasteiger charge is 2.39. The van der Waals surface area contributed by atoms with Gasteiger partial charge in [-0.15, -0.1) is 0 Å². The molecule has 3 rings (SSSR count). The summed E-state index contributed by atoms with van der Waals surface area (Å²) in [6.07, 6.45) is 0. The molecule has 0 spiro atoms. The monoisotopic (exact) mass is 352 g/mol. The minimum absolute atomic E-state index is 0.0364. The fraction of sp³-hybridized carbons (Fsp3) is 0.0500. The summed E-state index contributed by atoms with van der Waals surface area (Å²) in [5.74, 6) is 0.353. The Balaban J connectivity index is 1.85. The Morgan fingerprint density at radius 2 is 1.28 bits per heavy atom. The Morgan fingerprint density at radius 1 is 0.760 bits per heavy atom. The van der Waals surface area contributed by atoms with E-state index in [1.165, 1.54) is 0 Å². The van der Waals surface area contributed by atoms with E-state index >= 15 is 0 Å². The van der Waals surface area contributed by atoms with Crippen LogP contribution < -0.4 is 9.83 Å². The topological polar surface area (TPSA) is 52.6 Å². The fourth-order valence-corrected chi connectivity index (χ4v) is 3.86. The standard InChI is InChI=1S/C20H17O4P/c21-20(23-16-17-10-4-1-5-11-17)25(22,19-14-8-3-9-15-19)24-18-12-6-2-7-13-18/h1-15H,16H2. The number of para-hydroxylation sites is 1. The van der Waals surface area contributed by atoms with Crippen LogP contribution in [0.25, 0.3) is 0 Å². The van der Waals surface area contributed by atoms with Gasteiger partial charge in [-0.2, -0.15) is 0 Å². The van der Waals surface area contributed by atoms with Crippen molar-refractivity contribution in [1.82, 2.24) is 0 Å². The van der Waals surface area contributed by atoms with E-state index < -0.39 is 13.1 Å². The Labute approximate surface area is 146 Å². The van der Waals surface area contributed by atoms with E-state index in [1.54, 1.807) is 54.6 Å². The van der Waals surface area contributed by atoms with Gasteiger partial charge in [-0.25, -0.2) is 4.79 Å². The predicted molar refractivity (Wildman–Crippen MR) is 97.4 cm³/mol. The lowest BCUT2D eigenvalue weighted by molar-refractivity contribution is 0.163. The maximum absolute atomic E-state index is 13.4. The summed E-state index contributed by atoms with van der Waals surface area (Å²) in [6.45, 7) is 0.0364. The minimum Gasteiger partial charge on any atom is -0.453 e. The van der Waals surface area contributed by atoms with E-state index in [1.807, 2.05) is 36.4 Å². The third-order valence-electron chi connectivity index (χ3n) is 3.52. The lowest BCUT2D eigenvalue weighted by Crippen LogP contribution is -2.18. The van der Waals surface area contributed by atoms with Crippen LogP contribution in [-0.4, -0.2) is 5.71 Å². The predicted octanol–water partition coefficient (Wildman–Crippen LogP) is 5.01. The van der Waals surface area contributed by atoms with Gasteiger partial charge in [0.25, 0.3) is 0 Å². The first kappa shape index (κ1) is 17.0. The average Bonchev–Trinajstić information content (AvgIpc) is 2.68. The van der Waals surface area contributed by atoms with Gasteiger partial charge in [-0.1, -0.05) is 66.7 Å². The van der Waals surface area contributed by atoms with Crippen molar-refractivity contribution in [2.75, 3.05) is 0 Å². The van der Waals surface area contributed by atoms with E-state index in [0.717, 1.165) is 5.56 Å². The zero-order chi connectivity index (χ0) is 17.5. The number of rotatable bonds is 6. The molecule has 0 saturated carbocycles. The van der Waals surface area contributed by atoms with Crippen LogP contribution >= 0.6 is 7.37 Å². The van der Waals surface area contributed by atoms with Crippen molar-refractivity contribution in [3.8, 4) is 5.75 Å². The zero-order valence-corrected chi connectivity index (χ0v) is 14.3. The van der Waals surface area contributed by atoms with Crippen molar-refractivity contribution in [2.24, 2.45) is 0 Å². The number of carbonyl (C=O) groups excluding carboxylic acids is 1. The number of hydrogen-bond donors (Lipinski definition) is 0. The lowest BCUT2D eigenvalue weighted by atomic mass is 10.2. The maximum Gasteiger partial charge on any atom is 0.408 e. The van der Waals surface area contributed by atoms with Crippen molar-refractivity contribution in [3.63, 3.8) is 0 Å². The molecule has 3 aromatic rings. The molecule has 0 aliphatic heterocycles. The summed E-state index contributed by atoms with van der Waals surface area (Å²) in [6, 6.07) is 26.3. The van der Waals surface area contributed by atoms with Gasteiger partial charge in [0.1, 0.15) is 12.4 Å². The summed E-state index contributed by atoms with van der Waals surface area (Å²) in [4.78, 5) is 12.6. The first-order chi connectivity index (χ1) is 12.2. The summed E-state index contributed by atoms with van der Waals surface area (Å²) >= 11 is 0. The molecule has 0 aliphatic rings. The van der Waals surface area contributed by atoms with Crippen molar-refractivity contribution < 1.29 is 18.6 Å². The molecule has 1 atom stereocenters. The highest BCUT2D eigenvalue weighted by molar-refractivity contribution is 7.82. The molecule has 5 heteroatoms. The molecular weight excluding hydrogens is 335 g/mol. The molecule has 0 N–H and O–H groups in total. The summed E-state index contributed by atoms with van der Waals surface area (Å²) in [5.41, 5.74) is -0.0541. The Morgan fingerprint density at radius 3 is 1.88 bits per heavy atom. The molecule has 126 valence electrons. The van der Waals surface area contributed by atoms with Crippen LogP contribution in [0.15, 0.2) is 91.0 Å². The van der Waals surface area contributed by atoms with Crippen LogP contribution in [0.4, 0.5) is 4.79 Å². The Hall–Kier alpha value is -2.84. The fourth-order valence-electron chi connectivity index (χ4n) is 2.25. The van der Waals surface area contributed by atoms with Crippen LogP contribution in [0, 0.1) is 0 Å². The van der Waals surface area contributed by atoms with E-state index in [9.17, 15) is 9.36 Å². The molecule has 1 unspecified atom stereocenters. The molecule has 0 fully saturated rings. The van der Waals surface area contributed by atoms with Crippen molar-refractivity contribution in [1.29, 1.82) is 0 Å². The molecule has 0 saturated heterocycles. The first-order valence-corrected chi connectivity index (χ1v) is 9.42. The second-order valence-electron chi connectivity index (χ2n) is 5.33. The molecule has 0 heterocycles. The van der Waals surface area contributed by atoms with Gasteiger partial charge in [-0.05, 0) is 29.8 Å². The van der Waals surface area contributed by atoms with Gasteiger partial charge in [-0.3, -0.25) is 4.57 Å². The number of hydrogen-bond acceptors (Lipinski definition) is 4. The highest BCUT2D eigenvalue weighted by atomic mass is 31.2. The molecule has 0 radical (unpaired) electrons. The van der Waals surface area contributed by atoms with Gasteiger partial charge >= 0.3 is 13.1 Å². The molecule has 4 nitrogen and oxygen atoms in total. The van der Waals surface area contributed by atoms with Gasteiger partial charge < -0.3 is 9.26 Å². The van der Waals surface area contributed by atoms with Crippen molar-refractivity contribution in [3.05, 3.63) is 96.6 Å². The number of carbonyl (C=O) groups is 1. The number of benzene rings is 3. The molecular formula is C20H17O4P. The highest BCUT2D eigenvalue weighted by Crippen LogP contribution is 2.48.